The van der Waals surface area contributed by atoms with Gasteiger partial charge in [0.05, 0.1) is 13.2 Å². The van der Waals surface area contributed by atoms with Crippen molar-refractivity contribution in [2.75, 3.05) is 19.0 Å². The summed E-state index contributed by atoms with van der Waals surface area (Å²) in [6.07, 6.45) is 1.05. The van der Waals surface area contributed by atoms with E-state index in [4.69, 9.17) is 10.5 Å². The Morgan fingerprint density at radius 2 is 1.90 bits per heavy atom. The summed E-state index contributed by atoms with van der Waals surface area (Å²) in [4.78, 5) is 0. The van der Waals surface area contributed by atoms with Crippen LogP contribution < -0.4 is 15.8 Å². The molecule has 0 aliphatic rings. The highest BCUT2D eigenvalue weighted by Gasteiger charge is 2.09. The van der Waals surface area contributed by atoms with Crippen LogP contribution in [-0.4, -0.2) is 13.7 Å². The van der Waals surface area contributed by atoms with Crippen LogP contribution >= 0.6 is 0 Å². The third-order valence-electron chi connectivity index (χ3n) is 3.44. The van der Waals surface area contributed by atoms with Gasteiger partial charge in [-0.1, -0.05) is 37.3 Å². The first kappa shape index (κ1) is 14.4. The molecule has 2 rings (SSSR count). The number of hydrogen-bond donors (Lipinski definition) is 2. The predicted molar refractivity (Wildman–Crippen MR) is 84.2 cm³/mol. The zero-order valence-electron chi connectivity index (χ0n) is 12.1. The van der Waals surface area contributed by atoms with Crippen LogP contribution in [0.3, 0.4) is 0 Å². The maximum Gasteiger partial charge on any atom is 0.120 e. The molecule has 1 unspecified atom stereocenters. The van der Waals surface area contributed by atoms with E-state index < -0.39 is 0 Å². The Morgan fingerprint density at radius 1 is 1.15 bits per heavy atom. The molecule has 0 spiro atoms. The normalized spacial score (nSPS) is 11.9. The molecule has 0 heterocycles. The number of aryl methyl sites for hydroxylation is 1. The number of rotatable bonds is 6. The molecule has 20 heavy (non-hydrogen) atoms. The lowest BCUT2D eigenvalue weighted by Crippen LogP contribution is -2.20. The molecule has 0 aliphatic carbocycles. The van der Waals surface area contributed by atoms with Gasteiger partial charge in [0, 0.05) is 18.3 Å². The van der Waals surface area contributed by atoms with Gasteiger partial charge in [-0.2, -0.15) is 0 Å². The Hall–Kier alpha value is -2.00. The van der Waals surface area contributed by atoms with Crippen LogP contribution in [0.25, 0.3) is 0 Å². The fourth-order valence-electron chi connectivity index (χ4n) is 2.18. The van der Waals surface area contributed by atoms with E-state index in [9.17, 15) is 0 Å². The van der Waals surface area contributed by atoms with Gasteiger partial charge in [-0.05, 0) is 29.7 Å². The number of benzene rings is 2. The zero-order valence-corrected chi connectivity index (χ0v) is 12.1. The van der Waals surface area contributed by atoms with Crippen LogP contribution in [0.5, 0.6) is 5.75 Å². The highest BCUT2D eigenvalue weighted by atomic mass is 16.5. The minimum absolute atomic E-state index is 0.105. The van der Waals surface area contributed by atoms with Crippen LogP contribution in [-0.2, 0) is 6.42 Å². The zero-order chi connectivity index (χ0) is 14.4. The molecular formula is C17H22N2O. The highest BCUT2D eigenvalue weighted by Crippen LogP contribution is 2.22. The Morgan fingerprint density at radius 3 is 2.50 bits per heavy atom. The average Bonchev–Trinajstić information content (AvgIpc) is 2.53. The van der Waals surface area contributed by atoms with E-state index in [1.165, 1.54) is 11.1 Å². The van der Waals surface area contributed by atoms with Crippen LogP contribution in [0.2, 0.25) is 0 Å². The van der Waals surface area contributed by atoms with E-state index in [1.807, 2.05) is 24.3 Å². The number of ether oxygens (including phenoxy) is 1. The number of nitrogens with one attached hydrogen (secondary N) is 1. The van der Waals surface area contributed by atoms with E-state index in [-0.39, 0.29) is 6.04 Å². The van der Waals surface area contributed by atoms with Gasteiger partial charge in [0.2, 0.25) is 0 Å². The number of methoxy groups -OCH3 is 1. The van der Waals surface area contributed by atoms with E-state index >= 15 is 0 Å². The summed E-state index contributed by atoms with van der Waals surface area (Å²) < 4.78 is 5.23. The molecule has 3 heteroatoms. The Kier molecular flexibility index (Phi) is 5.02. The first-order valence-corrected chi connectivity index (χ1v) is 6.96. The fourth-order valence-corrected chi connectivity index (χ4v) is 2.18. The number of nitrogens with two attached hydrogens (primary N) is 1. The highest BCUT2D eigenvalue weighted by molar-refractivity contribution is 5.50. The van der Waals surface area contributed by atoms with Crippen LogP contribution in [0.1, 0.15) is 24.1 Å². The van der Waals surface area contributed by atoms with Gasteiger partial charge in [-0.15, -0.1) is 0 Å². The molecule has 1 atom stereocenters. The van der Waals surface area contributed by atoms with Crippen molar-refractivity contribution >= 4 is 5.69 Å². The SMILES string of the molecule is CCc1ccc(C(CN)Nc2cccc(OC)c2)cc1. The maximum atomic E-state index is 5.90. The van der Waals surface area contributed by atoms with Crippen molar-refractivity contribution < 1.29 is 4.74 Å². The molecule has 0 aliphatic heterocycles. The van der Waals surface area contributed by atoms with Crippen LogP contribution in [0, 0.1) is 0 Å². The standard InChI is InChI=1S/C17H22N2O/c1-3-13-7-9-14(10-8-13)17(12-18)19-15-5-4-6-16(11-15)20-2/h4-11,17,19H,3,12,18H2,1-2H3. The summed E-state index contributed by atoms with van der Waals surface area (Å²) in [6.45, 7) is 2.70. The summed E-state index contributed by atoms with van der Waals surface area (Å²) in [5.41, 5.74) is 9.45. The second-order valence-electron chi connectivity index (χ2n) is 4.76. The van der Waals surface area contributed by atoms with Crippen molar-refractivity contribution in [1.82, 2.24) is 0 Å². The molecule has 2 aromatic carbocycles. The molecule has 3 nitrogen and oxygen atoms in total. The summed E-state index contributed by atoms with van der Waals surface area (Å²) in [7, 11) is 1.67. The lowest BCUT2D eigenvalue weighted by atomic mass is 10.0. The third kappa shape index (κ3) is 3.52. The second-order valence-corrected chi connectivity index (χ2v) is 4.76. The van der Waals surface area contributed by atoms with E-state index in [0.717, 1.165) is 17.9 Å². The molecular weight excluding hydrogens is 248 g/mol. The summed E-state index contributed by atoms with van der Waals surface area (Å²) in [5.74, 6) is 0.840. The predicted octanol–water partition coefficient (Wildman–Crippen LogP) is 3.37. The molecule has 3 N–H and O–H groups in total. The maximum absolute atomic E-state index is 5.90. The summed E-state index contributed by atoms with van der Waals surface area (Å²) in [6, 6.07) is 16.6. The fraction of sp³-hybridized carbons (Fsp3) is 0.294. The first-order chi connectivity index (χ1) is 9.76. The van der Waals surface area contributed by atoms with Crippen molar-refractivity contribution in [3.05, 3.63) is 59.7 Å². The Balaban J connectivity index is 2.14. The molecule has 0 fully saturated rings. The minimum atomic E-state index is 0.105. The largest absolute Gasteiger partial charge is 0.497 e. The Labute approximate surface area is 120 Å². The minimum Gasteiger partial charge on any atom is -0.497 e. The van der Waals surface area contributed by atoms with Crippen LogP contribution in [0.4, 0.5) is 5.69 Å². The number of anilines is 1. The van der Waals surface area contributed by atoms with Crippen molar-refractivity contribution in [2.24, 2.45) is 5.73 Å². The molecule has 106 valence electrons. The van der Waals surface area contributed by atoms with E-state index in [0.29, 0.717) is 6.54 Å². The topological polar surface area (TPSA) is 47.3 Å². The smallest absolute Gasteiger partial charge is 0.120 e. The lowest BCUT2D eigenvalue weighted by Gasteiger charge is -2.19. The second kappa shape index (κ2) is 6.96. The van der Waals surface area contributed by atoms with Gasteiger partial charge in [-0.3, -0.25) is 0 Å². The van der Waals surface area contributed by atoms with Gasteiger partial charge >= 0.3 is 0 Å². The summed E-state index contributed by atoms with van der Waals surface area (Å²) in [5, 5.41) is 3.45. The molecule has 0 radical (unpaired) electrons. The van der Waals surface area contributed by atoms with Gasteiger partial charge in [0.1, 0.15) is 5.75 Å². The monoisotopic (exact) mass is 270 g/mol. The van der Waals surface area contributed by atoms with Crippen molar-refractivity contribution in [2.45, 2.75) is 19.4 Å². The lowest BCUT2D eigenvalue weighted by molar-refractivity contribution is 0.415. The van der Waals surface area contributed by atoms with Crippen molar-refractivity contribution in [3.63, 3.8) is 0 Å². The van der Waals surface area contributed by atoms with Gasteiger partial charge in [0.15, 0.2) is 0 Å². The van der Waals surface area contributed by atoms with Gasteiger partial charge in [-0.25, -0.2) is 0 Å². The number of hydrogen-bond acceptors (Lipinski definition) is 3. The van der Waals surface area contributed by atoms with Crippen molar-refractivity contribution in [3.8, 4) is 5.75 Å². The quantitative estimate of drug-likeness (QED) is 0.846. The third-order valence-corrected chi connectivity index (χ3v) is 3.44. The van der Waals surface area contributed by atoms with Gasteiger partial charge in [0.25, 0.3) is 0 Å². The van der Waals surface area contributed by atoms with Crippen molar-refractivity contribution in [1.29, 1.82) is 0 Å². The average molecular weight is 270 g/mol. The summed E-state index contributed by atoms with van der Waals surface area (Å²) >= 11 is 0. The Bertz CT molecular complexity index is 537. The first-order valence-electron chi connectivity index (χ1n) is 6.96. The molecule has 0 bridgehead atoms. The molecule has 0 amide bonds. The molecule has 0 saturated carbocycles. The van der Waals surface area contributed by atoms with Gasteiger partial charge < -0.3 is 15.8 Å². The molecule has 2 aromatic rings. The van der Waals surface area contributed by atoms with Crippen LogP contribution in [0.15, 0.2) is 48.5 Å². The molecule has 0 aromatic heterocycles. The van der Waals surface area contributed by atoms with E-state index in [1.54, 1.807) is 7.11 Å². The van der Waals surface area contributed by atoms with E-state index in [2.05, 4.69) is 36.5 Å². The molecule has 0 saturated heterocycles.